The average Bonchev–Trinajstić information content (AvgIpc) is 2.38. The van der Waals surface area contributed by atoms with E-state index in [9.17, 15) is 9.59 Å². The molecule has 0 saturated carbocycles. The second kappa shape index (κ2) is 8.36. The number of carbonyl (C=O) groups excluding carboxylic acids is 2. The van der Waals surface area contributed by atoms with E-state index in [0.717, 1.165) is 13.1 Å². The molecular formula is C15H21Cl2N3O2. The summed E-state index contributed by atoms with van der Waals surface area (Å²) >= 11 is 5.94. The molecule has 1 saturated heterocycles. The van der Waals surface area contributed by atoms with Crippen LogP contribution in [0.5, 0.6) is 0 Å². The standard InChI is InChI=1S/C15H20ClN3O2.ClH/c1-3-18-15(21)12-6-11(16)4-5-13(12)19-14(20)9(2)10-7-17-8-10;/h4-6,9-10,17H,3,7-8H2,1-2H3,(H,18,21)(H,19,20);1H. The van der Waals surface area contributed by atoms with Gasteiger partial charge in [0.2, 0.25) is 5.91 Å². The topological polar surface area (TPSA) is 70.2 Å². The van der Waals surface area contributed by atoms with Crippen molar-refractivity contribution in [2.45, 2.75) is 13.8 Å². The molecule has 1 fully saturated rings. The second-order valence-corrected chi connectivity index (χ2v) is 5.68. The van der Waals surface area contributed by atoms with E-state index in [4.69, 9.17) is 11.6 Å². The number of hydrogen-bond donors (Lipinski definition) is 3. The fraction of sp³-hybridized carbons (Fsp3) is 0.467. The lowest BCUT2D eigenvalue weighted by molar-refractivity contribution is -0.121. The predicted molar refractivity (Wildman–Crippen MR) is 90.9 cm³/mol. The van der Waals surface area contributed by atoms with Crippen LogP contribution < -0.4 is 16.0 Å². The molecule has 2 rings (SSSR count). The van der Waals surface area contributed by atoms with Gasteiger partial charge >= 0.3 is 0 Å². The third-order valence-corrected chi connectivity index (χ3v) is 3.99. The van der Waals surface area contributed by atoms with Crippen molar-refractivity contribution in [2.24, 2.45) is 11.8 Å². The summed E-state index contributed by atoms with van der Waals surface area (Å²) in [5.41, 5.74) is 0.881. The molecule has 7 heteroatoms. The highest BCUT2D eigenvalue weighted by Crippen LogP contribution is 2.23. The smallest absolute Gasteiger partial charge is 0.253 e. The first-order chi connectivity index (χ1) is 10.0. The van der Waals surface area contributed by atoms with Gasteiger partial charge in [0.05, 0.1) is 11.3 Å². The van der Waals surface area contributed by atoms with Crippen LogP contribution >= 0.6 is 24.0 Å². The van der Waals surface area contributed by atoms with E-state index >= 15 is 0 Å². The van der Waals surface area contributed by atoms with Gasteiger partial charge in [0, 0.05) is 17.5 Å². The Hall–Kier alpha value is -1.30. The molecule has 22 heavy (non-hydrogen) atoms. The molecule has 0 aliphatic carbocycles. The lowest BCUT2D eigenvalue weighted by Gasteiger charge is -2.31. The number of nitrogens with one attached hydrogen (secondary N) is 3. The van der Waals surface area contributed by atoms with Crippen LogP contribution in [0.1, 0.15) is 24.2 Å². The Kier molecular flexibility index (Phi) is 7.13. The average molecular weight is 346 g/mol. The molecule has 1 aliphatic heterocycles. The van der Waals surface area contributed by atoms with Crippen molar-refractivity contribution >= 4 is 41.5 Å². The van der Waals surface area contributed by atoms with Crippen LogP contribution in [0.25, 0.3) is 0 Å². The maximum atomic E-state index is 12.3. The highest BCUT2D eigenvalue weighted by molar-refractivity contribution is 6.31. The van der Waals surface area contributed by atoms with E-state index < -0.39 is 0 Å². The van der Waals surface area contributed by atoms with Crippen LogP contribution in [0.2, 0.25) is 5.02 Å². The van der Waals surface area contributed by atoms with Gasteiger partial charge in [-0.05, 0) is 44.1 Å². The number of hydrogen-bond acceptors (Lipinski definition) is 3. The van der Waals surface area contributed by atoms with E-state index in [-0.39, 0.29) is 30.1 Å². The molecule has 1 aromatic carbocycles. The Morgan fingerprint density at radius 3 is 2.64 bits per heavy atom. The van der Waals surface area contributed by atoms with Gasteiger partial charge in [0.25, 0.3) is 5.91 Å². The Morgan fingerprint density at radius 2 is 2.09 bits per heavy atom. The maximum Gasteiger partial charge on any atom is 0.253 e. The van der Waals surface area contributed by atoms with E-state index in [1.807, 2.05) is 13.8 Å². The molecule has 1 unspecified atom stereocenters. The van der Waals surface area contributed by atoms with Crippen LogP contribution in [-0.4, -0.2) is 31.4 Å². The lowest BCUT2D eigenvalue weighted by atomic mass is 9.88. The fourth-order valence-electron chi connectivity index (χ4n) is 2.19. The molecule has 0 spiro atoms. The Bertz CT molecular complexity index is 548. The zero-order valence-corrected chi connectivity index (χ0v) is 14.2. The second-order valence-electron chi connectivity index (χ2n) is 5.25. The normalized spacial score (nSPS) is 15.2. The monoisotopic (exact) mass is 345 g/mol. The summed E-state index contributed by atoms with van der Waals surface area (Å²) in [6.45, 7) is 5.98. The number of carbonyl (C=O) groups is 2. The summed E-state index contributed by atoms with van der Waals surface area (Å²) in [5, 5.41) is 9.17. The van der Waals surface area contributed by atoms with E-state index in [2.05, 4.69) is 16.0 Å². The van der Waals surface area contributed by atoms with Crippen molar-refractivity contribution in [1.82, 2.24) is 10.6 Å². The van der Waals surface area contributed by atoms with Gasteiger partial charge in [-0.15, -0.1) is 12.4 Å². The third-order valence-electron chi connectivity index (χ3n) is 3.76. The maximum absolute atomic E-state index is 12.3. The van der Waals surface area contributed by atoms with Crippen molar-refractivity contribution in [3.05, 3.63) is 28.8 Å². The zero-order chi connectivity index (χ0) is 15.4. The third kappa shape index (κ3) is 4.35. The molecular weight excluding hydrogens is 325 g/mol. The van der Waals surface area contributed by atoms with Gasteiger partial charge in [-0.2, -0.15) is 0 Å². The van der Waals surface area contributed by atoms with Crippen LogP contribution in [0, 0.1) is 11.8 Å². The summed E-state index contributed by atoms with van der Waals surface area (Å²) in [4.78, 5) is 24.3. The Balaban J connectivity index is 0.00000242. The Labute approximate surface area is 141 Å². The van der Waals surface area contributed by atoms with E-state index in [1.165, 1.54) is 0 Å². The van der Waals surface area contributed by atoms with Crippen molar-refractivity contribution in [3.8, 4) is 0 Å². The van der Waals surface area contributed by atoms with Crippen molar-refractivity contribution < 1.29 is 9.59 Å². The van der Waals surface area contributed by atoms with Crippen molar-refractivity contribution in [2.75, 3.05) is 25.0 Å². The first kappa shape index (κ1) is 18.7. The van der Waals surface area contributed by atoms with Gasteiger partial charge < -0.3 is 16.0 Å². The molecule has 1 heterocycles. The van der Waals surface area contributed by atoms with Crippen molar-refractivity contribution in [1.29, 1.82) is 0 Å². The van der Waals surface area contributed by atoms with Crippen molar-refractivity contribution in [3.63, 3.8) is 0 Å². The minimum absolute atomic E-state index is 0. The predicted octanol–water partition coefficient (Wildman–Crippen LogP) is 2.31. The van der Waals surface area contributed by atoms with Gasteiger partial charge in [0.1, 0.15) is 0 Å². The van der Waals surface area contributed by atoms with Gasteiger partial charge in [0.15, 0.2) is 0 Å². The van der Waals surface area contributed by atoms with E-state index in [0.29, 0.717) is 28.7 Å². The summed E-state index contributed by atoms with van der Waals surface area (Å²) in [6, 6.07) is 4.89. The van der Waals surface area contributed by atoms with Crippen LogP contribution in [0.4, 0.5) is 5.69 Å². The zero-order valence-electron chi connectivity index (χ0n) is 12.6. The largest absolute Gasteiger partial charge is 0.352 e. The van der Waals surface area contributed by atoms with Gasteiger partial charge in [-0.25, -0.2) is 0 Å². The number of anilines is 1. The van der Waals surface area contributed by atoms with Gasteiger partial charge in [-0.1, -0.05) is 18.5 Å². The summed E-state index contributed by atoms with van der Waals surface area (Å²) in [7, 11) is 0. The molecule has 2 amide bonds. The van der Waals surface area contributed by atoms with E-state index in [1.54, 1.807) is 18.2 Å². The molecule has 122 valence electrons. The molecule has 3 N–H and O–H groups in total. The number of halogens is 2. The molecule has 5 nitrogen and oxygen atoms in total. The quantitative estimate of drug-likeness (QED) is 0.766. The molecule has 1 atom stereocenters. The summed E-state index contributed by atoms with van der Waals surface area (Å²) in [5.74, 6) is -0.0585. The highest BCUT2D eigenvalue weighted by Gasteiger charge is 2.29. The van der Waals surface area contributed by atoms with Crippen LogP contribution in [0.3, 0.4) is 0 Å². The fourth-order valence-corrected chi connectivity index (χ4v) is 2.37. The minimum atomic E-state index is -0.242. The summed E-state index contributed by atoms with van der Waals surface area (Å²) in [6.07, 6.45) is 0. The SMILES string of the molecule is CCNC(=O)c1cc(Cl)ccc1NC(=O)C(C)C1CNC1.Cl. The molecule has 1 aromatic rings. The lowest BCUT2D eigenvalue weighted by Crippen LogP contribution is -2.48. The molecule has 0 bridgehead atoms. The first-order valence-electron chi connectivity index (χ1n) is 7.12. The first-order valence-corrected chi connectivity index (χ1v) is 7.50. The number of rotatable bonds is 5. The van der Waals surface area contributed by atoms with Gasteiger partial charge in [-0.3, -0.25) is 9.59 Å². The van der Waals surface area contributed by atoms with Crippen LogP contribution in [-0.2, 0) is 4.79 Å². The molecule has 0 aromatic heterocycles. The minimum Gasteiger partial charge on any atom is -0.352 e. The molecule has 0 radical (unpaired) electrons. The Morgan fingerprint density at radius 1 is 1.41 bits per heavy atom. The number of amides is 2. The molecule has 1 aliphatic rings. The van der Waals surface area contributed by atoms with Crippen LogP contribution in [0.15, 0.2) is 18.2 Å². The summed E-state index contributed by atoms with van der Waals surface area (Å²) < 4.78 is 0. The number of benzene rings is 1. The highest BCUT2D eigenvalue weighted by atomic mass is 35.5.